The molecule has 5 rings (SSSR count). The quantitative estimate of drug-likeness (QED) is 0.162. The molecule has 0 amide bonds. The number of phenols is 1. The number of fused-ring (bicyclic) bond motifs is 1. The van der Waals surface area contributed by atoms with Crippen molar-refractivity contribution in [3.63, 3.8) is 0 Å². The van der Waals surface area contributed by atoms with E-state index in [1.807, 2.05) is 6.07 Å². The first-order valence-electron chi connectivity index (χ1n) is 13.5. The van der Waals surface area contributed by atoms with Gasteiger partial charge in [0.1, 0.15) is 41.0 Å². The second-order valence-corrected chi connectivity index (χ2v) is 9.78. The molecule has 1 aliphatic heterocycles. The van der Waals surface area contributed by atoms with Gasteiger partial charge in [-0.1, -0.05) is 42.5 Å². The molecule has 0 unspecified atom stereocenters. The van der Waals surface area contributed by atoms with E-state index in [1.54, 1.807) is 42.5 Å². The van der Waals surface area contributed by atoms with Crippen LogP contribution in [0.25, 0.3) is 28.4 Å². The molecule has 44 heavy (non-hydrogen) atoms. The van der Waals surface area contributed by atoms with Crippen LogP contribution in [-0.2, 0) is 14.3 Å². The molecule has 0 aliphatic carbocycles. The average Bonchev–Trinajstić information content (AvgIpc) is 3.03. The number of phenolic OH excluding ortho intramolecular Hbond substituents is 1. The Bertz CT molecular complexity index is 1710. The Morgan fingerprint density at radius 3 is 2.39 bits per heavy atom. The number of aromatic hydroxyl groups is 1. The maximum atomic E-state index is 13.1. The van der Waals surface area contributed by atoms with Gasteiger partial charge in [0.2, 0.25) is 12.0 Å². The topological polar surface area (TPSA) is 174 Å². The van der Waals surface area contributed by atoms with Crippen LogP contribution in [0.1, 0.15) is 5.56 Å². The summed E-state index contributed by atoms with van der Waals surface area (Å²) in [5.41, 5.74) is 0.312. The van der Waals surface area contributed by atoms with E-state index in [9.17, 15) is 30.0 Å². The Hall–Kier alpha value is -4.88. The van der Waals surface area contributed by atoms with Gasteiger partial charge < -0.3 is 48.5 Å². The summed E-state index contributed by atoms with van der Waals surface area (Å²) < 4.78 is 34.0. The van der Waals surface area contributed by atoms with Gasteiger partial charge in [0.05, 0.1) is 26.4 Å². The number of benzene rings is 3. The molecule has 1 aromatic heterocycles. The standard InChI is InChI=1S/C32H30O12/c1-39-23-15-20(35)26-19(34)14-22(41-30(26)29(23)40-2)18-10-6-7-11-21(18)42-32-31(28(38)27(37)24(16-33)43-32)44-25(36)13-12-17-8-4-3-5-9-17/h3-15,24,27-28,31-33,35,37-38H,16H2,1-2H3/b13-12+/t24-,27-,28+,31-,32-/m1/s1. The van der Waals surface area contributed by atoms with Crippen molar-refractivity contribution in [3.05, 3.63) is 88.6 Å². The molecule has 2 heterocycles. The molecule has 230 valence electrons. The lowest BCUT2D eigenvalue weighted by atomic mass is 9.99. The van der Waals surface area contributed by atoms with Crippen LogP contribution < -0.4 is 19.6 Å². The van der Waals surface area contributed by atoms with Crippen LogP contribution in [0, 0.1) is 0 Å². The Kier molecular flexibility index (Phi) is 9.16. The van der Waals surface area contributed by atoms with Crippen LogP contribution in [0.4, 0.5) is 0 Å². The molecule has 4 N–H and O–H groups in total. The van der Waals surface area contributed by atoms with Crippen molar-refractivity contribution in [2.24, 2.45) is 0 Å². The fourth-order valence-corrected chi connectivity index (χ4v) is 4.82. The van der Waals surface area contributed by atoms with E-state index in [0.717, 1.165) is 17.7 Å². The number of aliphatic hydroxyl groups excluding tert-OH is 3. The lowest BCUT2D eigenvalue weighted by Crippen LogP contribution is -2.61. The number of hydrogen-bond acceptors (Lipinski definition) is 12. The number of carbonyl (C=O) groups is 1. The number of methoxy groups -OCH3 is 2. The third-order valence-electron chi connectivity index (χ3n) is 7.01. The zero-order chi connectivity index (χ0) is 31.4. The highest BCUT2D eigenvalue weighted by Gasteiger charge is 2.48. The molecule has 12 heteroatoms. The first kappa shape index (κ1) is 30.6. The van der Waals surface area contributed by atoms with Gasteiger partial charge in [-0.15, -0.1) is 0 Å². The van der Waals surface area contributed by atoms with Gasteiger partial charge in [-0.25, -0.2) is 4.79 Å². The summed E-state index contributed by atoms with van der Waals surface area (Å²) in [7, 11) is 2.72. The summed E-state index contributed by atoms with van der Waals surface area (Å²) in [6.45, 7) is -0.668. The number of para-hydroxylation sites is 1. The zero-order valence-electron chi connectivity index (χ0n) is 23.7. The maximum Gasteiger partial charge on any atom is 0.331 e. The number of rotatable bonds is 9. The highest BCUT2D eigenvalue weighted by atomic mass is 16.7. The second kappa shape index (κ2) is 13.2. The van der Waals surface area contributed by atoms with Crippen molar-refractivity contribution < 1.29 is 53.3 Å². The molecular weight excluding hydrogens is 576 g/mol. The van der Waals surface area contributed by atoms with Crippen molar-refractivity contribution >= 4 is 23.0 Å². The lowest BCUT2D eigenvalue weighted by Gasteiger charge is -2.41. The van der Waals surface area contributed by atoms with Crippen molar-refractivity contribution in [2.75, 3.05) is 20.8 Å². The van der Waals surface area contributed by atoms with E-state index in [2.05, 4.69) is 0 Å². The van der Waals surface area contributed by atoms with E-state index >= 15 is 0 Å². The molecule has 0 radical (unpaired) electrons. The summed E-state index contributed by atoms with van der Waals surface area (Å²) in [5.74, 6) is -0.921. The molecule has 0 spiro atoms. The predicted octanol–water partition coefficient (Wildman–Crippen LogP) is 2.63. The predicted molar refractivity (Wildman–Crippen MR) is 156 cm³/mol. The molecular formula is C32H30O12. The van der Waals surface area contributed by atoms with E-state index in [1.165, 1.54) is 32.4 Å². The minimum Gasteiger partial charge on any atom is -0.507 e. The van der Waals surface area contributed by atoms with Crippen molar-refractivity contribution in [1.82, 2.24) is 0 Å². The molecule has 1 saturated heterocycles. The van der Waals surface area contributed by atoms with Crippen LogP contribution in [0.15, 0.2) is 82.0 Å². The smallest absolute Gasteiger partial charge is 0.331 e. The first-order valence-corrected chi connectivity index (χ1v) is 13.5. The van der Waals surface area contributed by atoms with Crippen LogP contribution in [-0.4, -0.2) is 77.9 Å². The number of carbonyl (C=O) groups excluding carboxylic acids is 1. The van der Waals surface area contributed by atoms with E-state index in [4.69, 9.17) is 28.1 Å². The molecule has 0 bridgehead atoms. The van der Waals surface area contributed by atoms with Gasteiger partial charge in [-0.05, 0) is 23.8 Å². The summed E-state index contributed by atoms with van der Waals surface area (Å²) in [5, 5.41) is 41.5. The minimum absolute atomic E-state index is 0.0125. The van der Waals surface area contributed by atoms with E-state index < -0.39 is 48.7 Å². The molecule has 5 atom stereocenters. The highest BCUT2D eigenvalue weighted by Crippen LogP contribution is 2.42. The average molecular weight is 607 g/mol. The maximum absolute atomic E-state index is 13.1. The summed E-state index contributed by atoms with van der Waals surface area (Å²) in [6.07, 6.45) is -4.93. The van der Waals surface area contributed by atoms with Gasteiger partial charge in [0, 0.05) is 18.2 Å². The molecule has 4 aromatic rings. The number of hydrogen-bond donors (Lipinski definition) is 4. The van der Waals surface area contributed by atoms with Crippen molar-refractivity contribution in [3.8, 4) is 34.3 Å². The van der Waals surface area contributed by atoms with Gasteiger partial charge in [0.25, 0.3) is 0 Å². The Labute approximate surface area is 250 Å². The van der Waals surface area contributed by atoms with Gasteiger partial charge in [0.15, 0.2) is 22.9 Å². The highest BCUT2D eigenvalue weighted by molar-refractivity contribution is 5.92. The number of ether oxygens (including phenoxy) is 5. The third-order valence-corrected chi connectivity index (χ3v) is 7.01. The first-order chi connectivity index (χ1) is 21.2. The fourth-order valence-electron chi connectivity index (χ4n) is 4.82. The summed E-state index contributed by atoms with van der Waals surface area (Å²) >= 11 is 0. The van der Waals surface area contributed by atoms with Gasteiger partial charge in [-0.3, -0.25) is 4.79 Å². The molecule has 12 nitrogen and oxygen atoms in total. The Morgan fingerprint density at radius 2 is 1.68 bits per heavy atom. The van der Waals surface area contributed by atoms with Crippen LogP contribution >= 0.6 is 0 Å². The third kappa shape index (κ3) is 6.10. The van der Waals surface area contributed by atoms with E-state index in [-0.39, 0.29) is 45.3 Å². The van der Waals surface area contributed by atoms with Crippen molar-refractivity contribution in [2.45, 2.75) is 30.7 Å². The largest absolute Gasteiger partial charge is 0.507 e. The normalized spacial score (nSPS) is 21.7. The van der Waals surface area contributed by atoms with Crippen LogP contribution in [0.3, 0.4) is 0 Å². The van der Waals surface area contributed by atoms with Gasteiger partial charge in [-0.2, -0.15) is 0 Å². The molecule has 0 saturated carbocycles. The van der Waals surface area contributed by atoms with E-state index in [0.29, 0.717) is 0 Å². The number of aliphatic hydroxyl groups is 3. The second-order valence-electron chi connectivity index (χ2n) is 9.78. The summed E-state index contributed by atoms with van der Waals surface area (Å²) in [6, 6.07) is 17.7. The van der Waals surface area contributed by atoms with Crippen molar-refractivity contribution in [1.29, 1.82) is 0 Å². The zero-order valence-corrected chi connectivity index (χ0v) is 23.7. The monoisotopic (exact) mass is 606 g/mol. The summed E-state index contributed by atoms with van der Waals surface area (Å²) in [4.78, 5) is 25.8. The SMILES string of the molecule is COc1cc(O)c2c(=O)cc(-c3ccccc3O[C@@H]3O[C@H](CO)[C@@H](O)[C@H](O)[C@H]3OC(=O)/C=C/c3ccccc3)oc2c1OC. The Morgan fingerprint density at radius 1 is 0.955 bits per heavy atom. The Balaban J connectivity index is 1.51. The van der Waals surface area contributed by atoms with Crippen LogP contribution in [0.2, 0.25) is 0 Å². The fraction of sp³-hybridized carbons (Fsp3) is 0.250. The molecule has 1 fully saturated rings. The lowest BCUT2D eigenvalue weighted by molar-refractivity contribution is -0.281. The minimum atomic E-state index is -1.69. The van der Waals surface area contributed by atoms with Gasteiger partial charge >= 0.3 is 5.97 Å². The number of esters is 1. The molecule has 3 aromatic carbocycles. The van der Waals surface area contributed by atoms with Crippen LogP contribution in [0.5, 0.6) is 23.0 Å². The molecule has 1 aliphatic rings.